The molecule has 0 saturated carbocycles. The van der Waals surface area contributed by atoms with Gasteiger partial charge in [-0.15, -0.1) is 23.1 Å². The van der Waals surface area contributed by atoms with Gasteiger partial charge in [0, 0.05) is 4.88 Å². The van der Waals surface area contributed by atoms with Gasteiger partial charge in [0.15, 0.2) is 0 Å². The zero-order valence-corrected chi connectivity index (χ0v) is 16.4. The zero-order valence-electron chi connectivity index (χ0n) is 14.8. The molecule has 0 saturated heterocycles. The number of unbranched alkanes of at least 4 members (excludes halogenated alkanes) is 7. The predicted octanol–water partition coefficient (Wildman–Crippen LogP) is 7.31. The fourth-order valence-corrected chi connectivity index (χ4v) is 4.44. The summed E-state index contributed by atoms with van der Waals surface area (Å²) in [6, 6.07) is 4.39. The minimum atomic E-state index is 0.781. The molecule has 24 heavy (non-hydrogen) atoms. The summed E-state index contributed by atoms with van der Waals surface area (Å²) >= 11 is 3.83. The summed E-state index contributed by atoms with van der Waals surface area (Å²) in [5.41, 5.74) is 0. The summed E-state index contributed by atoms with van der Waals surface area (Å²) in [7, 11) is 0. The van der Waals surface area contributed by atoms with E-state index in [1.807, 2.05) is 41.3 Å². The molecule has 0 unspecified atom stereocenters. The first kappa shape index (κ1) is 21.0. The number of carbonyl (C=O) groups excluding carboxylic acids is 1. The first-order chi connectivity index (χ1) is 11.9. The third-order valence-electron chi connectivity index (χ3n) is 3.63. The molecule has 0 aliphatic carbocycles. The average molecular weight is 363 g/mol. The van der Waals surface area contributed by atoms with Gasteiger partial charge in [0.05, 0.1) is 4.21 Å². The van der Waals surface area contributed by atoms with Crippen LogP contribution in [0.3, 0.4) is 0 Å². The molecule has 1 rings (SSSR count). The van der Waals surface area contributed by atoms with Crippen molar-refractivity contribution in [3.05, 3.63) is 47.4 Å². The van der Waals surface area contributed by atoms with Crippen LogP contribution >= 0.6 is 23.1 Å². The number of rotatable bonds is 14. The van der Waals surface area contributed by atoms with Crippen LogP contribution in [0.1, 0.15) is 63.2 Å². The summed E-state index contributed by atoms with van der Waals surface area (Å²) in [4.78, 5) is 11.4. The van der Waals surface area contributed by atoms with Crippen molar-refractivity contribution < 1.29 is 4.79 Å². The summed E-state index contributed by atoms with van der Waals surface area (Å²) in [6.07, 6.45) is 23.0. The van der Waals surface area contributed by atoms with Gasteiger partial charge in [-0.1, -0.05) is 76.2 Å². The molecule has 1 aromatic rings. The highest BCUT2D eigenvalue weighted by atomic mass is 32.2. The maximum Gasteiger partial charge on any atom is 0.142 e. The number of thioether (sulfide) groups is 1. The van der Waals surface area contributed by atoms with E-state index in [1.54, 1.807) is 6.08 Å². The monoisotopic (exact) mass is 362 g/mol. The van der Waals surface area contributed by atoms with Crippen LogP contribution < -0.4 is 0 Å². The van der Waals surface area contributed by atoms with E-state index in [4.69, 9.17) is 0 Å². The Hall–Kier alpha value is -1.06. The molecule has 1 aromatic heterocycles. The van der Waals surface area contributed by atoms with Crippen molar-refractivity contribution in [3.8, 4) is 0 Å². The van der Waals surface area contributed by atoms with Crippen LogP contribution in [0.5, 0.6) is 0 Å². The molecule has 0 aliphatic rings. The number of hydrogen-bond donors (Lipinski definition) is 0. The average Bonchev–Trinajstić information content (AvgIpc) is 3.04. The second-order valence-corrected chi connectivity index (χ2v) is 8.26. The van der Waals surface area contributed by atoms with E-state index in [2.05, 4.69) is 25.1 Å². The van der Waals surface area contributed by atoms with Crippen molar-refractivity contribution in [1.29, 1.82) is 0 Å². The summed E-state index contributed by atoms with van der Waals surface area (Å²) in [6.45, 7) is 2.27. The van der Waals surface area contributed by atoms with Crippen molar-refractivity contribution >= 4 is 35.5 Å². The van der Waals surface area contributed by atoms with Gasteiger partial charge >= 0.3 is 0 Å². The van der Waals surface area contributed by atoms with Crippen LogP contribution in [0.25, 0.3) is 6.08 Å². The Morgan fingerprint density at radius 1 is 0.875 bits per heavy atom. The fourth-order valence-electron chi connectivity index (χ4n) is 2.30. The first-order valence-corrected chi connectivity index (χ1v) is 10.8. The number of hydrogen-bond acceptors (Lipinski definition) is 3. The lowest BCUT2D eigenvalue weighted by Gasteiger charge is -2.01. The smallest absolute Gasteiger partial charge is 0.142 e. The second-order valence-electron chi connectivity index (χ2n) is 5.75. The highest BCUT2D eigenvalue weighted by Gasteiger charge is 1.98. The molecule has 1 heterocycles. The molecular formula is C21H30OS2. The van der Waals surface area contributed by atoms with Crippen molar-refractivity contribution in [2.24, 2.45) is 0 Å². The van der Waals surface area contributed by atoms with E-state index in [0.29, 0.717) is 0 Å². The largest absolute Gasteiger partial charge is 0.299 e. The molecule has 3 heteroatoms. The molecule has 0 atom stereocenters. The minimum Gasteiger partial charge on any atom is -0.299 e. The maximum atomic E-state index is 10.1. The molecule has 0 bridgehead atoms. The van der Waals surface area contributed by atoms with E-state index in [1.165, 1.54) is 72.3 Å². The van der Waals surface area contributed by atoms with Gasteiger partial charge < -0.3 is 0 Å². The van der Waals surface area contributed by atoms with Crippen molar-refractivity contribution in [2.75, 3.05) is 5.75 Å². The molecule has 132 valence electrons. The van der Waals surface area contributed by atoms with Gasteiger partial charge in [-0.3, -0.25) is 4.79 Å². The SMILES string of the molecule is CCCCCCCCCCSc1ccc(/C=C/C=C/C=C/C=O)s1. The normalized spacial score (nSPS) is 12.0. The van der Waals surface area contributed by atoms with Gasteiger partial charge in [0.25, 0.3) is 0 Å². The number of aldehydes is 1. The van der Waals surface area contributed by atoms with Gasteiger partial charge in [0.1, 0.15) is 6.29 Å². The molecule has 0 spiro atoms. The molecule has 0 aromatic carbocycles. The number of carbonyl (C=O) groups is 1. The Labute approximate surface area is 155 Å². The van der Waals surface area contributed by atoms with Gasteiger partial charge in [-0.25, -0.2) is 0 Å². The number of thiophene rings is 1. The summed E-state index contributed by atoms with van der Waals surface area (Å²) < 4.78 is 1.41. The molecular weight excluding hydrogens is 332 g/mol. The third-order valence-corrected chi connectivity index (χ3v) is 5.99. The first-order valence-electron chi connectivity index (χ1n) is 9.04. The van der Waals surface area contributed by atoms with Crippen molar-refractivity contribution in [3.63, 3.8) is 0 Å². The Morgan fingerprint density at radius 2 is 1.54 bits per heavy atom. The lowest BCUT2D eigenvalue weighted by Crippen LogP contribution is -1.82. The fraction of sp³-hybridized carbons (Fsp3) is 0.476. The summed E-state index contributed by atoms with van der Waals surface area (Å²) in [5.74, 6) is 1.23. The molecule has 0 radical (unpaired) electrons. The zero-order chi connectivity index (χ0) is 17.3. The lowest BCUT2D eigenvalue weighted by molar-refractivity contribution is -0.104. The Bertz CT molecular complexity index is 512. The topological polar surface area (TPSA) is 17.1 Å². The minimum absolute atomic E-state index is 0.781. The van der Waals surface area contributed by atoms with Crippen LogP contribution in [0, 0.1) is 0 Å². The van der Waals surface area contributed by atoms with E-state index < -0.39 is 0 Å². The Kier molecular flexibility index (Phi) is 13.5. The van der Waals surface area contributed by atoms with Gasteiger partial charge in [-0.2, -0.15) is 0 Å². The predicted molar refractivity (Wildman–Crippen MR) is 111 cm³/mol. The maximum absolute atomic E-state index is 10.1. The quantitative estimate of drug-likeness (QED) is 0.113. The third kappa shape index (κ3) is 11.5. The molecule has 0 amide bonds. The van der Waals surface area contributed by atoms with Crippen LogP contribution in [0.2, 0.25) is 0 Å². The molecule has 1 nitrogen and oxygen atoms in total. The highest BCUT2D eigenvalue weighted by molar-refractivity contribution is 8.01. The molecule has 0 aliphatic heterocycles. The molecule has 0 N–H and O–H groups in total. The summed E-state index contributed by atoms with van der Waals surface area (Å²) in [5, 5.41) is 0. The van der Waals surface area contributed by atoms with Crippen molar-refractivity contribution in [1.82, 2.24) is 0 Å². The molecule has 0 fully saturated rings. The van der Waals surface area contributed by atoms with Crippen LogP contribution in [-0.2, 0) is 4.79 Å². The lowest BCUT2D eigenvalue weighted by atomic mass is 10.1. The Morgan fingerprint density at radius 3 is 2.29 bits per heavy atom. The van der Waals surface area contributed by atoms with Crippen LogP contribution in [-0.4, -0.2) is 12.0 Å². The standard InChI is InChI=1S/C21H30OS2/c1-2-3-4-5-6-7-11-14-19-23-21-17-16-20(24-21)15-12-9-8-10-13-18-22/h8-10,12-13,15-18H,2-7,11,14,19H2,1H3/b9-8+,13-10+,15-12+. The van der Waals surface area contributed by atoms with E-state index in [9.17, 15) is 4.79 Å². The second kappa shape index (κ2) is 15.5. The van der Waals surface area contributed by atoms with E-state index >= 15 is 0 Å². The van der Waals surface area contributed by atoms with E-state index in [0.717, 1.165) is 6.29 Å². The highest BCUT2D eigenvalue weighted by Crippen LogP contribution is 2.29. The van der Waals surface area contributed by atoms with Gasteiger partial charge in [-0.05, 0) is 36.5 Å². The van der Waals surface area contributed by atoms with Crippen molar-refractivity contribution in [2.45, 2.75) is 62.5 Å². The van der Waals surface area contributed by atoms with E-state index in [-0.39, 0.29) is 0 Å². The number of allylic oxidation sites excluding steroid dienone is 5. The Balaban J connectivity index is 2.09. The van der Waals surface area contributed by atoms with Crippen LogP contribution in [0.15, 0.2) is 46.7 Å². The van der Waals surface area contributed by atoms with Crippen LogP contribution in [0.4, 0.5) is 0 Å². The van der Waals surface area contributed by atoms with Gasteiger partial charge in [0.2, 0.25) is 0 Å².